The van der Waals surface area contributed by atoms with E-state index in [1.54, 1.807) is 0 Å². The fourth-order valence-corrected chi connectivity index (χ4v) is 1.94. The number of nitrogens with one attached hydrogen (secondary N) is 1. The molecule has 3 nitrogen and oxygen atoms in total. The van der Waals surface area contributed by atoms with Crippen molar-refractivity contribution < 1.29 is 4.74 Å². The standard InChI is InChI=1S/C15H20N2O/c1-2-12-4-3-5-15(8-12)18-11-14(9-16)13-6-7-17-10-13/h3-8,10,14,17H,2,9,11,16H2,1H3. The molecule has 1 aromatic carbocycles. The smallest absolute Gasteiger partial charge is 0.119 e. The highest BCUT2D eigenvalue weighted by molar-refractivity contribution is 5.28. The van der Waals surface area contributed by atoms with Crippen LogP contribution >= 0.6 is 0 Å². The number of hydrogen-bond donors (Lipinski definition) is 2. The monoisotopic (exact) mass is 244 g/mol. The van der Waals surface area contributed by atoms with Crippen LogP contribution in [0.1, 0.15) is 24.0 Å². The summed E-state index contributed by atoms with van der Waals surface area (Å²) in [4.78, 5) is 3.05. The molecule has 18 heavy (non-hydrogen) atoms. The van der Waals surface area contributed by atoms with Gasteiger partial charge in [0.1, 0.15) is 5.75 Å². The summed E-state index contributed by atoms with van der Waals surface area (Å²) in [7, 11) is 0. The minimum absolute atomic E-state index is 0.238. The Morgan fingerprint density at radius 2 is 2.22 bits per heavy atom. The maximum absolute atomic E-state index is 5.83. The van der Waals surface area contributed by atoms with Crippen molar-refractivity contribution in [3.8, 4) is 5.75 Å². The lowest BCUT2D eigenvalue weighted by Crippen LogP contribution is -2.19. The van der Waals surface area contributed by atoms with E-state index in [-0.39, 0.29) is 5.92 Å². The first-order valence-electron chi connectivity index (χ1n) is 6.38. The maximum atomic E-state index is 5.83. The van der Waals surface area contributed by atoms with Crippen molar-refractivity contribution in [2.45, 2.75) is 19.3 Å². The SMILES string of the molecule is CCc1cccc(OCC(CN)c2cc[nH]c2)c1. The molecule has 0 saturated carbocycles. The van der Waals surface area contributed by atoms with Gasteiger partial charge in [-0.05, 0) is 35.7 Å². The molecule has 0 aliphatic carbocycles. The lowest BCUT2D eigenvalue weighted by atomic mass is 10.0. The lowest BCUT2D eigenvalue weighted by Gasteiger charge is -2.15. The Labute approximate surface area is 108 Å². The van der Waals surface area contributed by atoms with Crippen LogP contribution in [0.25, 0.3) is 0 Å². The summed E-state index contributed by atoms with van der Waals surface area (Å²) in [6, 6.07) is 10.3. The molecular formula is C15H20N2O. The third-order valence-corrected chi connectivity index (χ3v) is 3.14. The molecule has 0 amide bonds. The summed E-state index contributed by atoms with van der Waals surface area (Å²) >= 11 is 0. The van der Waals surface area contributed by atoms with Gasteiger partial charge in [-0.2, -0.15) is 0 Å². The maximum Gasteiger partial charge on any atom is 0.119 e. The van der Waals surface area contributed by atoms with Crippen molar-refractivity contribution in [2.24, 2.45) is 5.73 Å². The molecule has 1 heterocycles. The molecule has 1 aromatic heterocycles. The molecule has 0 bridgehead atoms. The first kappa shape index (κ1) is 12.7. The summed E-state index contributed by atoms with van der Waals surface area (Å²) in [6.07, 6.45) is 4.91. The van der Waals surface area contributed by atoms with Gasteiger partial charge in [0.15, 0.2) is 0 Å². The van der Waals surface area contributed by atoms with Crippen LogP contribution in [-0.2, 0) is 6.42 Å². The van der Waals surface area contributed by atoms with Crippen LogP contribution in [0, 0.1) is 0 Å². The molecule has 2 aromatic rings. The van der Waals surface area contributed by atoms with Crippen LogP contribution in [0.5, 0.6) is 5.75 Å². The predicted molar refractivity (Wildman–Crippen MR) is 73.9 cm³/mol. The molecule has 0 aliphatic rings. The fraction of sp³-hybridized carbons (Fsp3) is 0.333. The van der Waals surface area contributed by atoms with Crippen molar-refractivity contribution in [3.63, 3.8) is 0 Å². The second-order valence-corrected chi connectivity index (χ2v) is 4.39. The van der Waals surface area contributed by atoms with Crippen molar-refractivity contribution in [1.82, 2.24) is 4.98 Å². The molecule has 1 atom stereocenters. The molecule has 0 saturated heterocycles. The molecule has 96 valence electrons. The average molecular weight is 244 g/mol. The van der Waals surface area contributed by atoms with Crippen molar-refractivity contribution in [2.75, 3.05) is 13.2 Å². The Kier molecular flexibility index (Phi) is 4.42. The van der Waals surface area contributed by atoms with E-state index >= 15 is 0 Å². The number of rotatable bonds is 6. The Hall–Kier alpha value is -1.74. The molecule has 0 aliphatic heterocycles. The Morgan fingerprint density at radius 1 is 1.33 bits per heavy atom. The number of aromatic amines is 1. The number of ether oxygens (including phenoxy) is 1. The van der Waals surface area contributed by atoms with Gasteiger partial charge in [-0.1, -0.05) is 19.1 Å². The Morgan fingerprint density at radius 3 is 2.89 bits per heavy atom. The molecule has 0 radical (unpaired) electrons. The van der Waals surface area contributed by atoms with Gasteiger partial charge in [0, 0.05) is 24.9 Å². The van der Waals surface area contributed by atoms with E-state index in [1.807, 2.05) is 30.6 Å². The molecule has 0 fully saturated rings. The first-order chi connectivity index (χ1) is 8.83. The van der Waals surface area contributed by atoms with Gasteiger partial charge in [-0.25, -0.2) is 0 Å². The van der Waals surface area contributed by atoms with E-state index in [2.05, 4.69) is 24.0 Å². The first-order valence-corrected chi connectivity index (χ1v) is 6.38. The zero-order chi connectivity index (χ0) is 12.8. The minimum atomic E-state index is 0.238. The number of H-pyrrole nitrogens is 1. The van der Waals surface area contributed by atoms with Crippen molar-refractivity contribution >= 4 is 0 Å². The Balaban J connectivity index is 1.97. The predicted octanol–water partition coefficient (Wildman–Crippen LogP) is 2.70. The van der Waals surface area contributed by atoms with E-state index in [0.29, 0.717) is 13.2 Å². The molecule has 3 N–H and O–H groups in total. The summed E-state index contributed by atoms with van der Waals surface area (Å²) in [5.41, 5.74) is 8.28. The number of nitrogens with two attached hydrogens (primary N) is 1. The molecule has 2 rings (SSSR count). The molecule has 1 unspecified atom stereocenters. The minimum Gasteiger partial charge on any atom is -0.493 e. The summed E-state index contributed by atoms with van der Waals surface area (Å²) < 4.78 is 5.83. The van der Waals surface area contributed by atoms with Crippen LogP contribution in [0.15, 0.2) is 42.7 Å². The third-order valence-electron chi connectivity index (χ3n) is 3.14. The fourth-order valence-electron chi connectivity index (χ4n) is 1.94. The number of hydrogen-bond acceptors (Lipinski definition) is 2. The number of aromatic nitrogens is 1. The van der Waals surface area contributed by atoms with Crippen molar-refractivity contribution in [3.05, 3.63) is 53.9 Å². The summed E-state index contributed by atoms with van der Waals surface area (Å²) in [6.45, 7) is 3.34. The second-order valence-electron chi connectivity index (χ2n) is 4.39. The summed E-state index contributed by atoms with van der Waals surface area (Å²) in [5, 5.41) is 0. The van der Waals surface area contributed by atoms with Gasteiger partial charge < -0.3 is 15.5 Å². The second kappa shape index (κ2) is 6.26. The van der Waals surface area contributed by atoms with Gasteiger partial charge in [-0.15, -0.1) is 0 Å². The van der Waals surface area contributed by atoms with Gasteiger partial charge in [-0.3, -0.25) is 0 Å². The van der Waals surface area contributed by atoms with E-state index in [9.17, 15) is 0 Å². The van der Waals surface area contributed by atoms with Crippen LogP contribution in [0.3, 0.4) is 0 Å². The zero-order valence-electron chi connectivity index (χ0n) is 10.7. The van der Waals surface area contributed by atoms with Crippen LogP contribution in [-0.4, -0.2) is 18.1 Å². The molecule has 0 spiro atoms. The van der Waals surface area contributed by atoms with E-state index in [4.69, 9.17) is 10.5 Å². The average Bonchev–Trinajstić information content (AvgIpc) is 2.94. The van der Waals surface area contributed by atoms with Crippen LogP contribution < -0.4 is 10.5 Å². The zero-order valence-corrected chi connectivity index (χ0v) is 10.7. The lowest BCUT2D eigenvalue weighted by molar-refractivity contribution is 0.290. The normalized spacial score (nSPS) is 12.3. The van der Waals surface area contributed by atoms with Gasteiger partial charge in [0.2, 0.25) is 0 Å². The Bertz CT molecular complexity index is 465. The number of benzene rings is 1. The molecule has 3 heteroatoms. The van der Waals surface area contributed by atoms with E-state index in [0.717, 1.165) is 12.2 Å². The molecular weight excluding hydrogens is 224 g/mol. The third kappa shape index (κ3) is 3.14. The van der Waals surface area contributed by atoms with Gasteiger partial charge in [0.05, 0.1) is 6.61 Å². The van der Waals surface area contributed by atoms with E-state index in [1.165, 1.54) is 11.1 Å². The van der Waals surface area contributed by atoms with Crippen LogP contribution in [0.4, 0.5) is 0 Å². The highest BCUT2D eigenvalue weighted by Crippen LogP contribution is 2.18. The van der Waals surface area contributed by atoms with Gasteiger partial charge in [0.25, 0.3) is 0 Å². The van der Waals surface area contributed by atoms with Crippen LogP contribution in [0.2, 0.25) is 0 Å². The number of aryl methyl sites for hydroxylation is 1. The highest BCUT2D eigenvalue weighted by Gasteiger charge is 2.11. The quantitative estimate of drug-likeness (QED) is 0.821. The van der Waals surface area contributed by atoms with E-state index < -0.39 is 0 Å². The topological polar surface area (TPSA) is 51.0 Å². The van der Waals surface area contributed by atoms with Crippen molar-refractivity contribution in [1.29, 1.82) is 0 Å². The van der Waals surface area contributed by atoms with Gasteiger partial charge >= 0.3 is 0 Å². The summed E-state index contributed by atoms with van der Waals surface area (Å²) in [5.74, 6) is 1.16. The highest BCUT2D eigenvalue weighted by atomic mass is 16.5. The largest absolute Gasteiger partial charge is 0.493 e.